The Morgan fingerprint density at radius 2 is 1.73 bits per heavy atom. The molecule has 0 spiro atoms. The van der Waals surface area contributed by atoms with Gasteiger partial charge in [-0.05, 0) is 61.4 Å². The lowest BCUT2D eigenvalue weighted by Gasteiger charge is -2.15. The molecule has 4 aromatic rings. The van der Waals surface area contributed by atoms with Crippen LogP contribution in [0.5, 0.6) is 0 Å². The summed E-state index contributed by atoms with van der Waals surface area (Å²) in [6.07, 6.45) is 3.13. The van der Waals surface area contributed by atoms with Crippen LogP contribution in [0.2, 0.25) is 0 Å². The quantitative estimate of drug-likeness (QED) is 0.395. The number of nitrogens with one attached hydrogen (secondary N) is 1. The summed E-state index contributed by atoms with van der Waals surface area (Å²) in [5.74, 6) is -0.228. The van der Waals surface area contributed by atoms with E-state index < -0.39 is 0 Å². The molecule has 2 aromatic heterocycles. The van der Waals surface area contributed by atoms with Crippen LogP contribution >= 0.6 is 11.3 Å². The number of anilines is 1. The van der Waals surface area contributed by atoms with Gasteiger partial charge in [-0.1, -0.05) is 50.2 Å². The SMILES string of the molecule is CCc1cccc(CC)c1NC(=O)Cn1cnc2sc(C)c(-c3ccc(C)c(C)c3)c2c1=O. The number of para-hydroxylation sites is 1. The summed E-state index contributed by atoms with van der Waals surface area (Å²) < 4.78 is 1.41. The maximum absolute atomic E-state index is 13.5. The molecular formula is C27H29N3O2S. The van der Waals surface area contributed by atoms with E-state index in [9.17, 15) is 9.59 Å². The first-order chi connectivity index (χ1) is 15.8. The van der Waals surface area contributed by atoms with Gasteiger partial charge in [-0.2, -0.15) is 0 Å². The first kappa shape index (κ1) is 22.9. The zero-order valence-corrected chi connectivity index (χ0v) is 20.6. The first-order valence-corrected chi connectivity index (χ1v) is 12.1. The number of amides is 1. The lowest BCUT2D eigenvalue weighted by atomic mass is 9.99. The van der Waals surface area contributed by atoms with Gasteiger partial charge in [0.25, 0.3) is 5.56 Å². The largest absolute Gasteiger partial charge is 0.324 e. The summed E-state index contributed by atoms with van der Waals surface area (Å²) in [6.45, 7) is 10.2. The van der Waals surface area contributed by atoms with Crippen molar-refractivity contribution in [3.05, 3.63) is 80.2 Å². The van der Waals surface area contributed by atoms with Crippen molar-refractivity contribution < 1.29 is 4.79 Å². The Labute approximate surface area is 198 Å². The average Bonchev–Trinajstić information content (AvgIpc) is 3.14. The second-order valence-electron chi connectivity index (χ2n) is 8.40. The highest BCUT2D eigenvalue weighted by Gasteiger charge is 2.19. The standard InChI is InChI=1S/C27H29N3O2S/c1-6-19-9-8-10-20(7-2)25(19)29-22(31)14-30-15-28-26-24(27(30)32)23(18(5)33-26)21-12-11-16(3)17(4)13-21/h8-13,15H,6-7,14H2,1-5H3,(H,29,31). The van der Waals surface area contributed by atoms with E-state index >= 15 is 0 Å². The number of carbonyl (C=O) groups is 1. The van der Waals surface area contributed by atoms with Gasteiger partial charge < -0.3 is 5.32 Å². The topological polar surface area (TPSA) is 64.0 Å². The second kappa shape index (κ2) is 9.32. The molecular weight excluding hydrogens is 430 g/mol. The summed E-state index contributed by atoms with van der Waals surface area (Å²) in [4.78, 5) is 32.7. The van der Waals surface area contributed by atoms with E-state index in [2.05, 4.69) is 50.1 Å². The minimum absolute atomic E-state index is 0.0791. The Balaban J connectivity index is 1.72. The van der Waals surface area contributed by atoms with E-state index in [0.717, 1.165) is 45.7 Å². The molecule has 0 unspecified atom stereocenters. The van der Waals surface area contributed by atoms with E-state index in [4.69, 9.17) is 0 Å². The molecule has 0 aliphatic heterocycles. The Kier molecular flexibility index (Phi) is 6.47. The van der Waals surface area contributed by atoms with Gasteiger partial charge in [0.1, 0.15) is 11.4 Å². The molecule has 4 rings (SSSR count). The van der Waals surface area contributed by atoms with Crippen molar-refractivity contribution in [2.24, 2.45) is 0 Å². The van der Waals surface area contributed by atoms with Gasteiger partial charge in [-0.15, -0.1) is 11.3 Å². The molecule has 170 valence electrons. The van der Waals surface area contributed by atoms with Crippen molar-refractivity contribution >= 4 is 33.1 Å². The van der Waals surface area contributed by atoms with Gasteiger partial charge in [0.2, 0.25) is 5.91 Å². The number of benzene rings is 2. The Hall–Kier alpha value is -3.25. The normalized spacial score (nSPS) is 11.2. The molecule has 1 N–H and O–H groups in total. The number of hydrogen-bond acceptors (Lipinski definition) is 4. The van der Waals surface area contributed by atoms with Gasteiger partial charge in [0.05, 0.1) is 11.7 Å². The lowest BCUT2D eigenvalue weighted by Crippen LogP contribution is -2.28. The molecule has 0 aliphatic rings. The number of carbonyl (C=O) groups excluding carboxylic acids is 1. The number of aromatic nitrogens is 2. The Bertz CT molecular complexity index is 1390. The van der Waals surface area contributed by atoms with Crippen LogP contribution in [0.1, 0.15) is 41.0 Å². The van der Waals surface area contributed by atoms with E-state index in [1.165, 1.54) is 33.4 Å². The monoisotopic (exact) mass is 459 g/mol. The highest BCUT2D eigenvalue weighted by atomic mass is 32.1. The molecule has 6 heteroatoms. The summed E-state index contributed by atoms with van der Waals surface area (Å²) in [6, 6.07) is 12.3. The van der Waals surface area contributed by atoms with Crippen LogP contribution in [-0.2, 0) is 24.2 Å². The number of thiophene rings is 1. The van der Waals surface area contributed by atoms with E-state index in [-0.39, 0.29) is 18.0 Å². The Morgan fingerprint density at radius 1 is 1.03 bits per heavy atom. The van der Waals surface area contributed by atoms with Crippen molar-refractivity contribution in [3.8, 4) is 11.1 Å². The van der Waals surface area contributed by atoms with Crippen molar-refractivity contribution in [3.63, 3.8) is 0 Å². The minimum atomic E-state index is -0.228. The van der Waals surface area contributed by atoms with Gasteiger partial charge in [-0.3, -0.25) is 14.2 Å². The van der Waals surface area contributed by atoms with Gasteiger partial charge >= 0.3 is 0 Å². The van der Waals surface area contributed by atoms with Crippen LogP contribution in [0.3, 0.4) is 0 Å². The number of rotatable bonds is 6. The van der Waals surface area contributed by atoms with E-state index in [1.807, 2.05) is 31.2 Å². The van der Waals surface area contributed by atoms with Crippen LogP contribution < -0.4 is 10.9 Å². The number of fused-ring (bicyclic) bond motifs is 1. The maximum Gasteiger partial charge on any atom is 0.263 e. The van der Waals surface area contributed by atoms with E-state index in [1.54, 1.807) is 0 Å². The molecule has 2 aromatic carbocycles. The van der Waals surface area contributed by atoms with Crippen molar-refractivity contribution in [1.82, 2.24) is 9.55 Å². The fourth-order valence-corrected chi connectivity index (χ4v) is 5.23. The molecule has 0 fully saturated rings. The molecule has 1 amide bonds. The number of nitrogens with zero attached hydrogens (tertiary/aromatic N) is 2. The van der Waals surface area contributed by atoms with Crippen molar-refractivity contribution in [1.29, 1.82) is 0 Å². The minimum Gasteiger partial charge on any atom is -0.324 e. The highest BCUT2D eigenvalue weighted by molar-refractivity contribution is 7.19. The molecule has 0 atom stereocenters. The molecule has 0 radical (unpaired) electrons. The van der Waals surface area contributed by atoms with Crippen LogP contribution in [-0.4, -0.2) is 15.5 Å². The number of hydrogen-bond donors (Lipinski definition) is 1. The second-order valence-corrected chi connectivity index (χ2v) is 9.60. The summed E-state index contributed by atoms with van der Waals surface area (Å²) in [5, 5.41) is 3.63. The lowest BCUT2D eigenvalue weighted by molar-refractivity contribution is -0.116. The van der Waals surface area contributed by atoms with Crippen LogP contribution in [0.25, 0.3) is 21.3 Å². The molecule has 0 aliphatic carbocycles. The fourth-order valence-electron chi connectivity index (χ4n) is 4.23. The highest BCUT2D eigenvalue weighted by Crippen LogP contribution is 2.36. The predicted octanol–water partition coefficient (Wildman–Crippen LogP) is 5.81. The molecule has 33 heavy (non-hydrogen) atoms. The summed E-state index contributed by atoms with van der Waals surface area (Å²) >= 11 is 1.51. The summed E-state index contributed by atoms with van der Waals surface area (Å²) in [5.41, 5.74) is 7.16. The molecule has 0 saturated carbocycles. The summed E-state index contributed by atoms with van der Waals surface area (Å²) in [7, 11) is 0. The van der Waals surface area contributed by atoms with Gasteiger partial charge in [0.15, 0.2) is 0 Å². The molecule has 2 heterocycles. The van der Waals surface area contributed by atoms with E-state index in [0.29, 0.717) is 10.2 Å². The van der Waals surface area contributed by atoms with Crippen LogP contribution in [0.4, 0.5) is 5.69 Å². The molecule has 0 bridgehead atoms. The zero-order chi connectivity index (χ0) is 23.7. The van der Waals surface area contributed by atoms with Crippen molar-refractivity contribution in [2.45, 2.75) is 54.0 Å². The fraction of sp³-hybridized carbons (Fsp3) is 0.296. The third-order valence-corrected chi connectivity index (χ3v) is 7.24. The zero-order valence-electron chi connectivity index (χ0n) is 19.8. The Morgan fingerprint density at radius 3 is 2.36 bits per heavy atom. The van der Waals surface area contributed by atoms with Gasteiger partial charge in [-0.25, -0.2) is 4.98 Å². The molecule has 0 saturated heterocycles. The van der Waals surface area contributed by atoms with Gasteiger partial charge in [0, 0.05) is 16.1 Å². The smallest absolute Gasteiger partial charge is 0.263 e. The third-order valence-electron chi connectivity index (χ3n) is 6.23. The average molecular weight is 460 g/mol. The van der Waals surface area contributed by atoms with Crippen LogP contribution in [0, 0.1) is 20.8 Å². The predicted molar refractivity (Wildman–Crippen MR) is 137 cm³/mol. The maximum atomic E-state index is 13.5. The molecule has 5 nitrogen and oxygen atoms in total. The number of aryl methyl sites for hydroxylation is 5. The van der Waals surface area contributed by atoms with Crippen LogP contribution in [0.15, 0.2) is 47.5 Å². The first-order valence-electron chi connectivity index (χ1n) is 11.3. The van der Waals surface area contributed by atoms with Crippen molar-refractivity contribution in [2.75, 3.05) is 5.32 Å². The third kappa shape index (κ3) is 4.35.